The van der Waals surface area contributed by atoms with Crippen molar-refractivity contribution in [3.8, 4) is 0 Å². The lowest BCUT2D eigenvalue weighted by molar-refractivity contribution is -0.122. The van der Waals surface area contributed by atoms with Gasteiger partial charge in [0.05, 0.1) is 17.9 Å². The zero-order valence-corrected chi connectivity index (χ0v) is 31.0. The van der Waals surface area contributed by atoms with Crippen molar-refractivity contribution < 1.29 is 22.9 Å². The summed E-state index contributed by atoms with van der Waals surface area (Å²) in [5.74, 6) is -0.898. The van der Waals surface area contributed by atoms with Crippen molar-refractivity contribution in [3.63, 3.8) is 0 Å². The summed E-state index contributed by atoms with van der Waals surface area (Å²) in [5.41, 5.74) is 0. The monoisotopic (exact) mass is 670 g/mol. The lowest BCUT2D eigenvalue weighted by atomic mass is 10.0. The van der Waals surface area contributed by atoms with Gasteiger partial charge in [0, 0.05) is 6.42 Å². The van der Waals surface area contributed by atoms with E-state index in [1.165, 1.54) is 128 Å². The van der Waals surface area contributed by atoms with Gasteiger partial charge in [-0.3, -0.25) is 9.35 Å². The van der Waals surface area contributed by atoms with Gasteiger partial charge in [-0.15, -0.1) is 0 Å². The molecule has 0 rings (SSSR count). The Balaban J connectivity index is 3.75. The standard InChI is InChI=1S/C39H75NO5S/c1-3-5-7-9-11-13-14-15-16-17-18-19-20-21-22-23-24-25-26-27-29-31-33-35-39(42)40-37(36-46(43,44)45)38(41)34-32-30-28-12-10-8-6-4-2/h14-15,17-18,37-38,41H,3-13,16,19-36H2,1-2H3,(H,40,42)(H,43,44,45)/b15-14-,18-17-. The minimum Gasteiger partial charge on any atom is -0.391 e. The van der Waals surface area contributed by atoms with E-state index in [0.717, 1.165) is 44.9 Å². The van der Waals surface area contributed by atoms with Crippen molar-refractivity contribution in [2.24, 2.45) is 0 Å². The molecule has 6 nitrogen and oxygen atoms in total. The van der Waals surface area contributed by atoms with Gasteiger partial charge in [-0.1, -0.05) is 173 Å². The third kappa shape index (κ3) is 34.2. The molecule has 0 bridgehead atoms. The van der Waals surface area contributed by atoms with Gasteiger partial charge in [-0.05, 0) is 44.9 Å². The first kappa shape index (κ1) is 44.8. The summed E-state index contributed by atoms with van der Waals surface area (Å²) in [7, 11) is -4.30. The molecule has 0 fully saturated rings. The molecule has 2 unspecified atom stereocenters. The molecule has 7 heteroatoms. The second-order valence-corrected chi connectivity index (χ2v) is 15.1. The van der Waals surface area contributed by atoms with Crippen molar-refractivity contribution in [1.29, 1.82) is 0 Å². The predicted molar refractivity (Wildman–Crippen MR) is 198 cm³/mol. The number of hydrogen-bond acceptors (Lipinski definition) is 4. The number of unbranched alkanes of at least 4 members (excludes halogenated alkanes) is 23. The fraction of sp³-hybridized carbons (Fsp3) is 0.872. The number of amides is 1. The maximum atomic E-state index is 12.5. The van der Waals surface area contributed by atoms with Crippen molar-refractivity contribution in [2.45, 2.75) is 212 Å². The lowest BCUT2D eigenvalue weighted by Crippen LogP contribution is -2.47. The van der Waals surface area contributed by atoms with Gasteiger partial charge in [-0.2, -0.15) is 8.42 Å². The number of aliphatic hydroxyl groups is 1. The molecule has 3 N–H and O–H groups in total. The Morgan fingerprint density at radius 1 is 0.587 bits per heavy atom. The van der Waals surface area contributed by atoms with Gasteiger partial charge in [0.25, 0.3) is 10.1 Å². The molecule has 272 valence electrons. The second kappa shape index (κ2) is 33.7. The Bertz CT molecular complexity index is 826. The molecule has 0 heterocycles. The van der Waals surface area contributed by atoms with Crippen LogP contribution < -0.4 is 5.32 Å². The fourth-order valence-electron chi connectivity index (χ4n) is 5.95. The molecule has 0 spiro atoms. The minimum absolute atomic E-state index is 0.251. The fourth-order valence-corrected chi connectivity index (χ4v) is 6.71. The van der Waals surface area contributed by atoms with Gasteiger partial charge in [-0.25, -0.2) is 0 Å². The summed E-state index contributed by atoms with van der Waals surface area (Å²) in [6.07, 6.45) is 41.5. The number of allylic oxidation sites excluding steroid dienone is 4. The smallest absolute Gasteiger partial charge is 0.266 e. The van der Waals surface area contributed by atoms with Gasteiger partial charge in [0.15, 0.2) is 0 Å². The van der Waals surface area contributed by atoms with Crippen LogP contribution in [0.3, 0.4) is 0 Å². The molecule has 1 amide bonds. The summed E-state index contributed by atoms with van der Waals surface area (Å²) in [5, 5.41) is 13.2. The van der Waals surface area contributed by atoms with E-state index >= 15 is 0 Å². The van der Waals surface area contributed by atoms with Crippen LogP contribution in [0.1, 0.15) is 200 Å². The summed E-state index contributed by atoms with van der Waals surface area (Å²) in [6, 6.07) is -0.967. The zero-order chi connectivity index (χ0) is 34.0. The Kier molecular flexibility index (Phi) is 32.8. The lowest BCUT2D eigenvalue weighted by Gasteiger charge is -2.23. The van der Waals surface area contributed by atoms with Crippen LogP contribution in [0, 0.1) is 0 Å². The van der Waals surface area contributed by atoms with Crippen LogP contribution in [-0.2, 0) is 14.9 Å². The number of rotatable bonds is 35. The maximum absolute atomic E-state index is 12.5. The Morgan fingerprint density at radius 2 is 0.978 bits per heavy atom. The van der Waals surface area contributed by atoms with E-state index in [-0.39, 0.29) is 5.91 Å². The molecule has 0 aliphatic heterocycles. The van der Waals surface area contributed by atoms with Crippen LogP contribution in [0.2, 0.25) is 0 Å². The summed E-state index contributed by atoms with van der Waals surface area (Å²) in [6.45, 7) is 4.46. The van der Waals surface area contributed by atoms with Gasteiger partial charge in [0.1, 0.15) is 0 Å². The van der Waals surface area contributed by atoms with E-state index in [2.05, 4.69) is 43.5 Å². The molecule has 0 aromatic carbocycles. The highest BCUT2D eigenvalue weighted by atomic mass is 32.2. The van der Waals surface area contributed by atoms with Crippen LogP contribution in [0.15, 0.2) is 24.3 Å². The average Bonchev–Trinajstić information content (AvgIpc) is 3.01. The van der Waals surface area contributed by atoms with Crippen molar-refractivity contribution in [2.75, 3.05) is 5.75 Å². The first-order valence-electron chi connectivity index (χ1n) is 19.5. The molecule has 2 atom stereocenters. The predicted octanol–water partition coefficient (Wildman–Crippen LogP) is 11.2. The highest BCUT2D eigenvalue weighted by Gasteiger charge is 2.26. The SMILES string of the molecule is CCCCCCC/C=C\C/C=C\CCCCCCCCCCCCCC(=O)NC(CS(=O)(=O)O)C(O)CCCCCCCCCC. The van der Waals surface area contributed by atoms with Crippen LogP contribution in [0.4, 0.5) is 0 Å². The number of nitrogens with one attached hydrogen (secondary N) is 1. The first-order chi connectivity index (χ1) is 22.3. The van der Waals surface area contributed by atoms with Gasteiger partial charge < -0.3 is 10.4 Å². The van der Waals surface area contributed by atoms with Crippen molar-refractivity contribution in [3.05, 3.63) is 24.3 Å². The summed E-state index contributed by atoms with van der Waals surface area (Å²) < 4.78 is 32.3. The average molecular weight is 670 g/mol. The van der Waals surface area contributed by atoms with E-state index in [0.29, 0.717) is 12.8 Å². The van der Waals surface area contributed by atoms with Crippen molar-refractivity contribution in [1.82, 2.24) is 5.32 Å². The maximum Gasteiger partial charge on any atom is 0.266 e. The molecule has 0 saturated heterocycles. The van der Waals surface area contributed by atoms with Crippen LogP contribution >= 0.6 is 0 Å². The molecule has 0 radical (unpaired) electrons. The second-order valence-electron chi connectivity index (χ2n) is 13.6. The first-order valence-corrected chi connectivity index (χ1v) is 21.1. The molecule has 0 aliphatic rings. The summed E-state index contributed by atoms with van der Waals surface area (Å²) >= 11 is 0. The van der Waals surface area contributed by atoms with E-state index in [9.17, 15) is 22.9 Å². The topological polar surface area (TPSA) is 104 Å². The third-order valence-electron chi connectivity index (χ3n) is 8.91. The molecule has 0 aromatic heterocycles. The molecule has 0 saturated carbocycles. The normalized spacial score (nSPS) is 13.6. The number of aliphatic hydroxyl groups excluding tert-OH is 1. The van der Waals surface area contributed by atoms with E-state index < -0.39 is 28.0 Å². The number of carbonyl (C=O) groups is 1. The number of carbonyl (C=O) groups excluding carboxylic acids is 1. The quantitative estimate of drug-likeness (QED) is 0.0354. The van der Waals surface area contributed by atoms with E-state index in [1.807, 2.05) is 0 Å². The molecular formula is C39H75NO5S. The Hall–Kier alpha value is -1.18. The zero-order valence-electron chi connectivity index (χ0n) is 30.2. The third-order valence-corrected chi connectivity index (χ3v) is 9.69. The summed E-state index contributed by atoms with van der Waals surface area (Å²) in [4.78, 5) is 12.5. The highest BCUT2D eigenvalue weighted by molar-refractivity contribution is 7.85. The highest BCUT2D eigenvalue weighted by Crippen LogP contribution is 2.15. The Labute approximate surface area is 285 Å². The molecule has 0 aliphatic carbocycles. The molecule has 0 aromatic rings. The van der Waals surface area contributed by atoms with Gasteiger partial charge in [0.2, 0.25) is 5.91 Å². The van der Waals surface area contributed by atoms with Crippen LogP contribution in [-0.4, -0.2) is 41.9 Å². The van der Waals surface area contributed by atoms with Crippen LogP contribution in [0.5, 0.6) is 0 Å². The molecule has 46 heavy (non-hydrogen) atoms. The Morgan fingerprint density at radius 3 is 1.41 bits per heavy atom. The van der Waals surface area contributed by atoms with E-state index in [1.54, 1.807) is 0 Å². The number of hydrogen-bond donors (Lipinski definition) is 3. The van der Waals surface area contributed by atoms with Crippen LogP contribution in [0.25, 0.3) is 0 Å². The van der Waals surface area contributed by atoms with Crippen molar-refractivity contribution >= 4 is 16.0 Å². The minimum atomic E-state index is -4.30. The van der Waals surface area contributed by atoms with E-state index in [4.69, 9.17) is 0 Å². The molecular weight excluding hydrogens is 594 g/mol. The largest absolute Gasteiger partial charge is 0.391 e. The van der Waals surface area contributed by atoms with Gasteiger partial charge >= 0.3 is 0 Å².